The zero-order chi connectivity index (χ0) is 11.6. The molecule has 4 nitrogen and oxygen atoms in total. The van der Waals surface area contributed by atoms with Gasteiger partial charge in [0.05, 0.1) is 0 Å². The van der Waals surface area contributed by atoms with Gasteiger partial charge in [-0.1, -0.05) is 0 Å². The maximum absolute atomic E-state index is 11.7. The highest BCUT2D eigenvalue weighted by molar-refractivity contribution is 6.01. The number of carboxylic acids is 1. The molecule has 2 N–H and O–H groups in total. The first kappa shape index (κ1) is 11.8. The topological polar surface area (TPSA) is 66.4 Å². The van der Waals surface area contributed by atoms with Crippen molar-refractivity contribution in [3.05, 3.63) is 11.1 Å². The van der Waals surface area contributed by atoms with Gasteiger partial charge in [0.25, 0.3) is 0 Å². The molecular formula is C11H17NO3. The van der Waals surface area contributed by atoms with Crippen molar-refractivity contribution in [3.63, 3.8) is 0 Å². The number of carbonyl (C=O) groups excluding carboxylic acids is 1. The summed E-state index contributed by atoms with van der Waals surface area (Å²) in [6.45, 7) is 4.97. The first-order valence-electron chi connectivity index (χ1n) is 5.09. The molecule has 1 amide bonds. The number of hydrogen-bond donors (Lipinski definition) is 2. The van der Waals surface area contributed by atoms with Gasteiger partial charge in [-0.2, -0.15) is 0 Å². The fourth-order valence-corrected chi connectivity index (χ4v) is 1.53. The molecule has 1 aliphatic rings. The van der Waals surface area contributed by atoms with Crippen LogP contribution in [0.5, 0.6) is 0 Å². The number of nitrogens with one attached hydrogen (secondary N) is 1. The summed E-state index contributed by atoms with van der Waals surface area (Å²) in [4.78, 5) is 22.3. The van der Waals surface area contributed by atoms with Crippen LogP contribution in [0.4, 0.5) is 0 Å². The molecule has 0 heterocycles. The Morgan fingerprint density at radius 1 is 1.20 bits per heavy atom. The normalized spacial score (nSPS) is 19.9. The van der Waals surface area contributed by atoms with Crippen molar-refractivity contribution in [2.75, 3.05) is 0 Å². The highest BCUT2D eigenvalue weighted by Gasteiger charge is 2.33. The van der Waals surface area contributed by atoms with Gasteiger partial charge in [0.15, 0.2) is 0 Å². The Bertz CT molecular complexity index is 327. The molecule has 0 saturated heterocycles. The van der Waals surface area contributed by atoms with Crippen molar-refractivity contribution >= 4 is 11.9 Å². The van der Waals surface area contributed by atoms with E-state index in [1.165, 1.54) is 6.92 Å². The summed E-state index contributed by atoms with van der Waals surface area (Å²) in [5, 5.41) is 11.6. The Kier molecular flexibility index (Phi) is 3.17. The number of amides is 1. The lowest BCUT2D eigenvalue weighted by Crippen LogP contribution is -2.51. The van der Waals surface area contributed by atoms with E-state index in [0.29, 0.717) is 0 Å². The number of hydrogen-bond acceptors (Lipinski definition) is 2. The van der Waals surface area contributed by atoms with E-state index in [9.17, 15) is 9.59 Å². The van der Waals surface area contributed by atoms with Gasteiger partial charge >= 0.3 is 5.97 Å². The van der Waals surface area contributed by atoms with Crippen LogP contribution in [-0.4, -0.2) is 22.5 Å². The van der Waals surface area contributed by atoms with E-state index < -0.39 is 5.97 Å². The number of aliphatic carboxylic acids is 1. The van der Waals surface area contributed by atoms with Crippen LogP contribution in [0.15, 0.2) is 11.1 Å². The molecule has 0 radical (unpaired) electrons. The number of carboxylic acid groups (broad SMARTS) is 1. The van der Waals surface area contributed by atoms with Crippen LogP contribution in [0.25, 0.3) is 0 Å². The molecule has 0 atom stereocenters. The van der Waals surface area contributed by atoms with E-state index in [1.54, 1.807) is 6.92 Å². The highest BCUT2D eigenvalue weighted by atomic mass is 16.4. The Morgan fingerprint density at radius 3 is 2.07 bits per heavy atom. The molecule has 0 aliphatic heterocycles. The second-order valence-electron chi connectivity index (χ2n) is 4.42. The van der Waals surface area contributed by atoms with E-state index >= 15 is 0 Å². The van der Waals surface area contributed by atoms with Crippen molar-refractivity contribution in [1.82, 2.24) is 5.32 Å². The van der Waals surface area contributed by atoms with Crippen molar-refractivity contribution in [2.24, 2.45) is 0 Å². The first-order chi connectivity index (χ1) is 6.86. The molecule has 15 heavy (non-hydrogen) atoms. The number of rotatable bonds is 3. The van der Waals surface area contributed by atoms with Crippen LogP contribution in [0, 0.1) is 0 Å². The average molecular weight is 211 g/mol. The molecule has 1 fully saturated rings. The summed E-state index contributed by atoms with van der Waals surface area (Å²) >= 11 is 0. The third-order valence-corrected chi connectivity index (χ3v) is 3.10. The maximum atomic E-state index is 11.7. The minimum absolute atomic E-state index is 0.107. The van der Waals surface area contributed by atoms with Gasteiger partial charge in [-0.25, -0.2) is 4.79 Å². The molecule has 4 heteroatoms. The molecule has 0 unspecified atom stereocenters. The molecule has 1 saturated carbocycles. The summed E-state index contributed by atoms with van der Waals surface area (Å²) < 4.78 is 0. The van der Waals surface area contributed by atoms with Crippen LogP contribution < -0.4 is 5.32 Å². The van der Waals surface area contributed by atoms with Gasteiger partial charge < -0.3 is 10.4 Å². The van der Waals surface area contributed by atoms with Gasteiger partial charge in [0.1, 0.15) is 0 Å². The monoisotopic (exact) mass is 211 g/mol. The summed E-state index contributed by atoms with van der Waals surface area (Å²) in [5.74, 6) is -1.31. The molecule has 0 aromatic carbocycles. The van der Waals surface area contributed by atoms with Gasteiger partial charge in [0.2, 0.25) is 5.91 Å². The van der Waals surface area contributed by atoms with Crippen molar-refractivity contribution in [1.29, 1.82) is 0 Å². The third-order valence-electron chi connectivity index (χ3n) is 3.10. The van der Waals surface area contributed by atoms with Crippen molar-refractivity contribution in [3.8, 4) is 0 Å². The smallest absolute Gasteiger partial charge is 0.331 e. The Hall–Kier alpha value is -1.32. The zero-order valence-corrected chi connectivity index (χ0v) is 9.39. The van der Waals surface area contributed by atoms with Gasteiger partial charge in [0, 0.05) is 16.7 Å². The van der Waals surface area contributed by atoms with Crippen LogP contribution in [0.1, 0.15) is 40.0 Å². The Labute approximate surface area is 89.4 Å². The largest absolute Gasteiger partial charge is 0.478 e. The molecule has 0 aromatic rings. The molecule has 1 rings (SSSR count). The second kappa shape index (κ2) is 4.04. The minimum atomic E-state index is -1.04. The molecule has 84 valence electrons. The van der Waals surface area contributed by atoms with E-state index in [2.05, 4.69) is 5.32 Å². The Morgan fingerprint density at radius 2 is 1.73 bits per heavy atom. The maximum Gasteiger partial charge on any atom is 0.331 e. The fourth-order valence-electron chi connectivity index (χ4n) is 1.53. The van der Waals surface area contributed by atoms with Gasteiger partial charge in [-0.15, -0.1) is 0 Å². The van der Waals surface area contributed by atoms with Gasteiger partial charge in [-0.3, -0.25) is 4.79 Å². The van der Waals surface area contributed by atoms with Crippen molar-refractivity contribution in [2.45, 2.75) is 45.6 Å². The molecule has 1 aliphatic carbocycles. The van der Waals surface area contributed by atoms with Crippen LogP contribution >= 0.6 is 0 Å². The molecule has 0 spiro atoms. The SMILES string of the molecule is C/C(C(=O)O)=C(/C)C(=O)NC1(C)CCC1. The highest BCUT2D eigenvalue weighted by Crippen LogP contribution is 2.31. The third kappa shape index (κ3) is 2.58. The average Bonchev–Trinajstić information content (AvgIpc) is 2.12. The van der Waals surface area contributed by atoms with Crippen molar-refractivity contribution < 1.29 is 14.7 Å². The number of carbonyl (C=O) groups is 2. The second-order valence-corrected chi connectivity index (χ2v) is 4.42. The predicted molar refractivity (Wildman–Crippen MR) is 56.4 cm³/mol. The van der Waals surface area contributed by atoms with Gasteiger partial charge in [-0.05, 0) is 40.0 Å². The summed E-state index contributed by atoms with van der Waals surface area (Å²) in [6.07, 6.45) is 3.06. The van der Waals surface area contributed by atoms with Crippen LogP contribution in [-0.2, 0) is 9.59 Å². The molecular weight excluding hydrogens is 194 g/mol. The molecule has 0 aromatic heterocycles. The standard InChI is InChI=1S/C11H17NO3/c1-7(8(2)10(14)15)9(13)12-11(3)5-4-6-11/h4-6H2,1-3H3,(H,12,13)(H,14,15)/b8-7+. The lowest BCUT2D eigenvalue weighted by molar-refractivity contribution is -0.133. The predicted octanol–water partition coefficient (Wildman–Crippen LogP) is 1.47. The van der Waals surface area contributed by atoms with E-state index in [0.717, 1.165) is 19.3 Å². The lowest BCUT2D eigenvalue weighted by atomic mass is 9.78. The molecule has 0 bridgehead atoms. The summed E-state index contributed by atoms with van der Waals surface area (Å²) in [5.41, 5.74) is 0.267. The quantitative estimate of drug-likeness (QED) is 0.694. The minimum Gasteiger partial charge on any atom is -0.478 e. The Balaban J connectivity index is 2.68. The van der Waals surface area contributed by atoms with Crippen LogP contribution in [0.3, 0.4) is 0 Å². The summed E-state index contributed by atoms with van der Waals surface area (Å²) in [6, 6.07) is 0. The zero-order valence-electron chi connectivity index (χ0n) is 9.39. The fraction of sp³-hybridized carbons (Fsp3) is 0.636. The van der Waals surface area contributed by atoms with E-state index in [1.807, 2.05) is 6.92 Å². The van der Waals surface area contributed by atoms with E-state index in [4.69, 9.17) is 5.11 Å². The van der Waals surface area contributed by atoms with E-state index in [-0.39, 0.29) is 22.6 Å². The van der Waals surface area contributed by atoms with Crippen LogP contribution in [0.2, 0.25) is 0 Å². The lowest BCUT2D eigenvalue weighted by Gasteiger charge is -2.39. The summed E-state index contributed by atoms with van der Waals surface area (Å²) in [7, 11) is 0. The first-order valence-corrected chi connectivity index (χ1v) is 5.09.